The van der Waals surface area contributed by atoms with Gasteiger partial charge in [-0.15, -0.1) is 11.3 Å². The number of aliphatic hydroxyl groups is 1. The molecule has 158 valence electrons. The summed E-state index contributed by atoms with van der Waals surface area (Å²) in [5.41, 5.74) is 2.10. The van der Waals surface area contributed by atoms with Gasteiger partial charge in [-0.25, -0.2) is 14.2 Å². The lowest BCUT2D eigenvalue weighted by atomic mass is 10.1. The van der Waals surface area contributed by atoms with E-state index < -0.39 is 18.3 Å². The number of hydrogen-bond acceptors (Lipinski definition) is 6. The number of para-hydroxylation sites is 2. The quantitative estimate of drug-likeness (QED) is 0.181. The molecule has 0 saturated heterocycles. The van der Waals surface area contributed by atoms with Gasteiger partial charge in [-0.1, -0.05) is 30.3 Å². The van der Waals surface area contributed by atoms with Crippen LogP contribution in [0.4, 0.5) is 4.39 Å². The Morgan fingerprint density at radius 1 is 1.19 bits per heavy atom. The van der Waals surface area contributed by atoms with Gasteiger partial charge in [0, 0.05) is 4.88 Å². The number of rotatable bonds is 6. The number of aliphatic hydroxyl groups excluding tert-OH is 1. The van der Waals surface area contributed by atoms with Crippen LogP contribution in [0.3, 0.4) is 0 Å². The van der Waals surface area contributed by atoms with Crippen molar-refractivity contribution in [3.8, 4) is 6.07 Å². The Hall–Kier alpha value is -4.22. The van der Waals surface area contributed by atoms with Crippen LogP contribution in [-0.4, -0.2) is 27.7 Å². The lowest BCUT2D eigenvalue weighted by molar-refractivity contribution is -0.136. The Morgan fingerprint density at radius 2 is 1.97 bits per heavy atom. The molecule has 2 aromatic heterocycles. The fraction of sp³-hybridized carbons (Fsp3) is 0.0417. The molecule has 0 aliphatic heterocycles. The molecule has 0 saturated carbocycles. The Bertz CT molecular complexity index is 1330. The predicted octanol–water partition coefficient (Wildman–Crippen LogP) is 5.34. The smallest absolute Gasteiger partial charge is 0.340 e. The van der Waals surface area contributed by atoms with Crippen molar-refractivity contribution in [3.05, 3.63) is 93.9 Å². The number of fused-ring (bicyclic) bond motifs is 1. The number of nitrogens with zero attached hydrogens (tertiary/aromatic N) is 2. The molecule has 0 atom stereocenters. The number of H-pyrrole nitrogens is 1. The van der Waals surface area contributed by atoms with Crippen LogP contribution in [0.2, 0.25) is 0 Å². The van der Waals surface area contributed by atoms with Crippen LogP contribution >= 0.6 is 11.3 Å². The Morgan fingerprint density at radius 3 is 2.66 bits per heavy atom. The highest BCUT2D eigenvalue weighted by atomic mass is 32.1. The number of esters is 1. The second-order valence-electron chi connectivity index (χ2n) is 6.70. The van der Waals surface area contributed by atoms with E-state index >= 15 is 0 Å². The van der Waals surface area contributed by atoms with E-state index in [1.807, 2.05) is 23.6 Å². The average Bonchev–Trinajstić information content (AvgIpc) is 3.47. The third kappa shape index (κ3) is 4.58. The van der Waals surface area contributed by atoms with Gasteiger partial charge in [-0.2, -0.15) is 5.26 Å². The number of halogens is 1. The lowest BCUT2D eigenvalue weighted by Gasteiger charge is -2.08. The van der Waals surface area contributed by atoms with Crippen LogP contribution in [-0.2, 0) is 9.53 Å². The fourth-order valence-electron chi connectivity index (χ4n) is 3.00. The van der Waals surface area contributed by atoms with Gasteiger partial charge in [0.05, 0.1) is 16.6 Å². The Balaban J connectivity index is 1.58. The van der Waals surface area contributed by atoms with E-state index in [2.05, 4.69) is 9.97 Å². The number of allylic oxidation sites excluding steroid dienone is 1. The van der Waals surface area contributed by atoms with Crippen LogP contribution in [0, 0.1) is 17.1 Å². The van der Waals surface area contributed by atoms with Gasteiger partial charge in [-0.3, -0.25) is 0 Å². The minimum atomic E-state index is -0.690. The summed E-state index contributed by atoms with van der Waals surface area (Å²) >= 11 is 1.34. The highest BCUT2D eigenvalue weighted by molar-refractivity contribution is 7.11. The standard InChI is InChI=1S/C24H16FN3O3S/c25-16-9-7-15(8-10-16)12-17(22-6-3-11-32-22)24(30)31-14-21(29)18(13-26)23-27-19-4-1-2-5-20(19)28-23/h1-12,29H,14H2,(H,27,28)/b17-12+,21-18?. The minimum Gasteiger partial charge on any atom is -0.507 e. The molecule has 0 unspecified atom stereocenters. The molecular weight excluding hydrogens is 429 g/mol. The van der Waals surface area contributed by atoms with Crippen molar-refractivity contribution in [2.24, 2.45) is 0 Å². The number of carbonyl (C=O) groups is 1. The zero-order valence-electron chi connectivity index (χ0n) is 16.6. The van der Waals surface area contributed by atoms with Crippen molar-refractivity contribution in [1.82, 2.24) is 9.97 Å². The van der Waals surface area contributed by atoms with E-state index in [-0.39, 0.29) is 22.8 Å². The summed E-state index contributed by atoms with van der Waals surface area (Å²) in [6.07, 6.45) is 1.58. The highest BCUT2D eigenvalue weighted by Gasteiger charge is 2.18. The number of carbonyl (C=O) groups excluding carboxylic acids is 1. The second kappa shape index (κ2) is 9.29. The molecule has 0 amide bonds. The third-order valence-corrected chi connectivity index (χ3v) is 5.46. The van der Waals surface area contributed by atoms with Crippen molar-refractivity contribution in [1.29, 1.82) is 5.26 Å². The first-order chi connectivity index (χ1) is 15.5. The number of ether oxygens (including phenoxy) is 1. The van der Waals surface area contributed by atoms with Gasteiger partial charge in [0.2, 0.25) is 0 Å². The van der Waals surface area contributed by atoms with Crippen LogP contribution in [0.15, 0.2) is 71.8 Å². The molecule has 2 aromatic carbocycles. The summed E-state index contributed by atoms with van der Waals surface area (Å²) in [5, 5.41) is 21.8. The summed E-state index contributed by atoms with van der Waals surface area (Å²) in [6.45, 7) is -0.509. The zero-order chi connectivity index (χ0) is 22.5. The van der Waals surface area contributed by atoms with Crippen molar-refractivity contribution in [3.63, 3.8) is 0 Å². The molecule has 0 spiro atoms. The van der Waals surface area contributed by atoms with Gasteiger partial charge in [0.25, 0.3) is 0 Å². The molecule has 0 aliphatic carbocycles. The number of nitriles is 1. The maximum absolute atomic E-state index is 13.2. The molecule has 0 fully saturated rings. The average molecular weight is 445 g/mol. The molecule has 4 rings (SSSR count). The van der Waals surface area contributed by atoms with E-state index in [9.17, 15) is 19.6 Å². The van der Waals surface area contributed by atoms with Crippen LogP contribution < -0.4 is 0 Å². The van der Waals surface area contributed by atoms with E-state index in [4.69, 9.17) is 4.74 Å². The number of thiophene rings is 1. The molecule has 0 radical (unpaired) electrons. The van der Waals surface area contributed by atoms with Crippen molar-refractivity contribution in [2.75, 3.05) is 6.61 Å². The Kier molecular flexibility index (Phi) is 6.10. The first kappa shape index (κ1) is 21.0. The van der Waals surface area contributed by atoms with Crippen molar-refractivity contribution in [2.45, 2.75) is 0 Å². The number of benzene rings is 2. The molecule has 8 heteroatoms. The largest absolute Gasteiger partial charge is 0.507 e. The summed E-state index contributed by atoms with van der Waals surface area (Å²) in [7, 11) is 0. The molecule has 2 heterocycles. The van der Waals surface area contributed by atoms with Crippen molar-refractivity contribution >= 4 is 45.6 Å². The molecule has 6 nitrogen and oxygen atoms in total. The first-order valence-electron chi connectivity index (χ1n) is 9.51. The van der Waals surface area contributed by atoms with Crippen LogP contribution in [0.1, 0.15) is 16.3 Å². The normalized spacial score (nSPS) is 12.3. The van der Waals surface area contributed by atoms with Crippen LogP contribution in [0.25, 0.3) is 28.3 Å². The highest BCUT2D eigenvalue weighted by Crippen LogP contribution is 2.25. The monoisotopic (exact) mass is 445 g/mol. The zero-order valence-corrected chi connectivity index (χ0v) is 17.4. The first-order valence-corrected chi connectivity index (χ1v) is 10.4. The van der Waals surface area contributed by atoms with E-state index in [1.54, 1.807) is 42.5 Å². The maximum Gasteiger partial charge on any atom is 0.340 e. The molecule has 0 bridgehead atoms. The van der Waals surface area contributed by atoms with Crippen LogP contribution in [0.5, 0.6) is 0 Å². The molecular formula is C24H16FN3O3S. The van der Waals surface area contributed by atoms with Gasteiger partial charge >= 0.3 is 5.97 Å². The van der Waals surface area contributed by atoms with E-state index in [0.717, 1.165) is 0 Å². The number of imidazole rings is 1. The summed E-state index contributed by atoms with van der Waals surface area (Å²) in [6, 6.07) is 18.3. The number of nitrogens with one attached hydrogen (secondary N) is 1. The van der Waals surface area contributed by atoms with Gasteiger partial charge in [0.1, 0.15) is 24.1 Å². The van der Waals surface area contributed by atoms with E-state index in [0.29, 0.717) is 21.5 Å². The molecule has 32 heavy (non-hydrogen) atoms. The lowest BCUT2D eigenvalue weighted by Crippen LogP contribution is -2.10. The van der Waals surface area contributed by atoms with Crippen molar-refractivity contribution < 1.29 is 19.0 Å². The second-order valence-corrected chi connectivity index (χ2v) is 7.65. The third-order valence-electron chi connectivity index (χ3n) is 4.55. The summed E-state index contributed by atoms with van der Waals surface area (Å²) < 4.78 is 18.5. The number of hydrogen-bond donors (Lipinski definition) is 2. The summed E-state index contributed by atoms with van der Waals surface area (Å²) in [4.78, 5) is 20.7. The number of aromatic amines is 1. The Labute approximate surface area is 186 Å². The maximum atomic E-state index is 13.2. The summed E-state index contributed by atoms with van der Waals surface area (Å²) in [5.74, 6) is -1.31. The molecule has 0 aliphatic rings. The SMILES string of the molecule is N#CC(=C(O)COC(=O)/C(=C/c1ccc(F)cc1)c1cccs1)c1nc2ccccc2[nH]1. The van der Waals surface area contributed by atoms with Gasteiger partial charge < -0.3 is 14.8 Å². The van der Waals surface area contributed by atoms with Gasteiger partial charge in [0.15, 0.2) is 11.6 Å². The van der Waals surface area contributed by atoms with E-state index in [1.165, 1.54) is 23.5 Å². The topological polar surface area (TPSA) is 99.0 Å². The van der Waals surface area contributed by atoms with Gasteiger partial charge in [-0.05, 0) is 47.4 Å². The minimum absolute atomic E-state index is 0.116. The fourth-order valence-corrected chi connectivity index (χ4v) is 3.73. The molecule has 2 N–H and O–H groups in total. The number of aromatic nitrogens is 2. The predicted molar refractivity (Wildman–Crippen MR) is 121 cm³/mol. The molecule has 4 aromatic rings.